The van der Waals surface area contributed by atoms with Gasteiger partial charge in [0, 0.05) is 29.7 Å². The highest BCUT2D eigenvalue weighted by molar-refractivity contribution is 9.10. The van der Waals surface area contributed by atoms with E-state index in [2.05, 4.69) is 21.2 Å². The van der Waals surface area contributed by atoms with Crippen LogP contribution in [0.4, 0.5) is 0 Å². The predicted molar refractivity (Wildman–Crippen MR) is 84.4 cm³/mol. The lowest BCUT2D eigenvalue weighted by molar-refractivity contribution is -0.137. The van der Waals surface area contributed by atoms with E-state index in [9.17, 15) is 4.79 Å². The van der Waals surface area contributed by atoms with Crippen molar-refractivity contribution in [3.8, 4) is 5.75 Å². The van der Waals surface area contributed by atoms with E-state index in [0.717, 1.165) is 15.8 Å². The van der Waals surface area contributed by atoms with Crippen molar-refractivity contribution in [1.82, 2.24) is 10.2 Å². The second-order valence-corrected chi connectivity index (χ2v) is 5.91. The van der Waals surface area contributed by atoms with Crippen molar-refractivity contribution in [1.29, 1.82) is 0 Å². The summed E-state index contributed by atoms with van der Waals surface area (Å²) in [5.74, 6) is 0.934. The monoisotopic (exact) mass is 356 g/mol. The fraction of sp³-hybridized carbons (Fsp3) is 0.533. The minimum absolute atomic E-state index is 0.118. The summed E-state index contributed by atoms with van der Waals surface area (Å²) in [7, 11) is 1.65. The molecule has 1 atom stereocenters. The van der Waals surface area contributed by atoms with Crippen molar-refractivity contribution < 1.29 is 14.3 Å². The zero-order valence-electron chi connectivity index (χ0n) is 12.4. The van der Waals surface area contributed by atoms with Crippen LogP contribution in [-0.2, 0) is 16.1 Å². The molecule has 116 valence electrons. The Hall–Kier alpha value is -1.11. The molecular formula is C15H21BrN2O3. The van der Waals surface area contributed by atoms with Gasteiger partial charge in [0.05, 0.1) is 26.4 Å². The zero-order chi connectivity index (χ0) is 15.2. The molecule has 1 fully saturated rings. The number of ether oxygens (including phenoxy) is 2. The summed E-state index contributed by atoms with van der Waals surface area (Å²) in [6, 6.07) is 5.62. The van der Waals surface area contributed by atoms with Gasteiger partial charge in [0.15, 0.2) is 0 Å². The van der Waals surface area contributed by atoms with Gasteiger partial charge in [0.2, 0.25) is 5.91 Å². The van der Waals surface area contributed by atoms with Crippen molar-refractivity contribution in [2.24, 2.45) is 0 Å². The third-order valence-corrected chi connectivity index (χ3v) is 4.03. The molecule has 1 saturated heterocycles. The normalized spacial score (nSPS) is 16.6. The van der Waals surface area contributed by atoms with Crippen LogP contribution in [0.5, 0.6) is 5.75 Å². The van der Waals surface area contributed by atoms with E-state index in [1.54, 1.807) is 7.11 Å². The largest absolute Gasteiger partial charge is 0.496 e. The van der Waals surface area contributed by atoms with Gasteiger partial charge in [-0.25, -0.2) is 0 Å². The number of morpholine rings is 1. The Morgan fingerprint density at radius 1 is 1.48 bits per heavy atom. The molecule has 0 aliphatic carbocycles. The van der Waals surface area contributed by atoms with Gasteiger partial charge in [-0.15, -0.1) is 0 Å². The number of nitrogens with zero attached hydrogens (tertiary/aromatic N) is 1. The van der Waals surface area contributed by atoms with Crippen molar-refractivity contribution in [3.05, 3.63) is 28.2 Å². The molecule has 0 saturated carbocycles. The number of amides is 1. The molecule has 5 nitrogen and oxygen atoms in total. The molecule has 1 aliphatic rings. The van der Waals surface area contributed by atoms with Crippen LogP contribution in [0.1, 0.15) is 12.5 Å². The van der Waals surface area contributed by atoms with Crippen molar-refractivity contribution in [2.45, 2.75) is 19.5 Å². The molecule has 0 spiro atoms. The summed E-state index contributed by atoms with van der Waals surface area (Å²) in [4.78, 5) is 14.2. The first-order chi connectivity index (χ1) is 10.1. The molecule has 0 radical (unpaired) electrons. The maximum Gasteiger partial charge on any atom is 0.239 e. The third-order valence-electron chi connectivity index (χ3n) is 3.53. The van der Waals surface area contributed by atoms with Gasteiger partial charge < -0.3 is 19.7 Å². The highest BCUT2D eigenvalue weighted by Gasteiger charge is 2.22. The van der Waals surface area contributed by atoms with Gasteiger partial charge in [0.1, 0.15) is 5.75 Å². The standard InChI is InChI=1S/C15H21BrN2O3/c1-11(15(19)18-5-7-21-8-6-18)17-10-12-9-13(16)3-4-14(12)20-2/h3-4,9,11,17H,5-8,10H2,1-2H3. The summed E-state index contributed by atoms with van der Waals surface area (Å²) < 4.78 is 11.6. The van der Waals surface area contributed by atoms with Crippen LogP contribution < -0.4 is 10.1 Å². The molecule has 1 N–H and O–H groups in total. The molecule has 1 heterocycles. The molecule has 1 amide bonds. The summed E-state index contributed by atoms with van der Waals surface area (Å²) >= 11 is 3.45. The number of carbonyl (C=O) groups is 1. The Morgan fingerprint density at radius 2 is 2.19 bits per heavy atom. The molecule has 0 aromatic heterocycles. The molecule has 21 heavy (non-hydrogen) atoms. The lowest BCUT2D eigenvalue weighted by Crippen LogP contribution is -2.49. The summed E-state index contributed by atoms with van der Waals surface area (Å²) in [5, 5.41) is 3.27. The minimum Gasteiger partial charge on any atom is -0.496 e. The zero-order valence-corrected chi connectivity index (χ0v) is 14.0. The third kappa shape index (κ3) is 4.43. The van der Waals surface area contributed by atoms with Crippen molar-refractivity contribution >= 4 is 21.8 Å². The minimum atomic E-state index is -0.230. The topological polar surface area (TPSA) is 50.8 Å². The maximum absolute atomic E-state index is 12.3. The van der Waals surface area contributed by atoms with Gasteiger partial charge in [-0.2, -0.15) is 0 Å². The Balaban J connectivity index is 1.92. The summed E-state index contributed by atoms with van der Waals surface area (Å²) in [5.41, 5.74) is 1.02. The number of halogens is 1. The number of nitrogens with one attached hydrogen (secondary N) is 1. The van der Waals surface area contributed by atoms with E-state index < -0.39 is 0 Å². The molecule has 1 aromatic carbocycles. The fourth-order valence-corrected chi connectivity index (χ4v) is 2.70. The highest BCUT2D eigenvalue weighted by atomic mass is 79.9. The number of hydrogen-bond acceptors (Lipinski definition) is 4. The molecule has 1 aromatic rings. The Bertz CT molecular complexity index is 490. The summed E-state index contributed by atoms with van der Waals surface area (Å²) in [6.45, 7) is 5.06. The lowest BCUT2D eigenvalue weighted by atomic mass is 10.2. The van der Waals surface area contributed by atoms with Crippen LogP contribution in [0.25, 0.3) is 0 Å². The van der Waals surface area contributed by atoms with Crippen LogP contribution in [0.2, 0.25) is 0 Å². The first-order valence-electron chi connectivity index (χ1n) is 7.04. The smallest absolute Gasteiger partial charge is 0.239 e. The van der Waals surface area contributed by atoms with E-state index in [0.29, 0.717) is 32.8 Å². The average molecular weight is 357 g/mol. The van der Waals surface area contributed by atoms with Gasteiger partial charge in [0.25, 0.3) is 0 Å². The van der Waals surface area contributed by atoms with Crippen molar-refractivity contribution in [3.63, 3.8) is 0 Å². The Morgan fingerprint density at radius 3 is 2.86 bits per heavy atom. The van der Waals surface area contributed by atoms with Crippen LogP contribution in [0.15, 0.2) is 22.7 Å². The number of benzene rings is 1. The molecule has 2 rings (SSSR count). The second-order valence-electron chi connectivity index (χ2n) is 5.00. The van der Waals surface area contributed by atoms with E-state index in [4.69, 9.17) is 9.47 Å². The first kappa shape index (κ1) is 16.3. The van der Waals surface area contributed by atoms with E-state index in [1.165, 1.54) is 0 Å². The predicted octanol–water partition coefficient (Wildman–Crippen LogP) is 1.79. The molecule has 6 heteroatoms. The van der Waals surface area contributed by atoms with Crippen LogP contribution in [0.3, 0.4) is 0 Å². The van der Waals surface area contributed by atoms with Crippen LogP contribution >= 0.6 is 15.9 Å². The number of methoxy groups -OCH3 is 1. The quantitative estimate of drug-likeness (QED) is 0.873. The van der Waals surface area contributed by atoms with E-state index in [1.807, 2.05) is 30.0 Å². The van der Waals surface area contributed by atoms with Crippen LogP contribution in [0, 0.1) is 0 Å². The number of hydrogen-bond donors (Lipinski definition) is 1. The Labute approximate surface area is 133 Å². The first-order valence-corrected chi connectivity index (χ1v) is 7.83. The second kappa shape index (κ2) is 7.77. The van der Waals surface area contributed by atoms with Gasteiger partial charge in [-0.05, 0) is 25.1 Å². The van der Waals surface area contributed by atoms with E-state index in [-0.39, 0.29) is 11.9 Å². The Kier molecular flexibility index (Phi) is 6.02. The number of carbonyl (C=O) groups excluding carboxylic acids is 1. The van der Waals surface area contributed by atoms with Gasteiger partial charge >= 0.3 is 0 Å². The fourth-order valence-electron chi connectivity index (χ4n) is 2.29. The van der Waals surface area contributed by atoms with Crippen LogP contribution in [-0.4, -0.2) is 50.3 Å². The van der Waals surface area contributed by atoms with Gasteiger partial charge in [-0.3, -0.25) is 4.79 Å². The number of rotatable bonds is 5. The maximum atomic E-state index is 12.3. The summed E-state index contributed by atoms with van der Waals surface area (Å²) in [6.07, 6.45) is 0. The SMILES string of the molecule is COc1ccc(Br)cc1CNC(C)C(=O)N1CCOCC1. The van der Waals surface area contributed by atoms with E-state index >= 15 is 0 Å². The average Bonchev–Trinajstić information content (AvgIpc) is 2.52. The molecule has 1 aliphatic heterocycles. The molecule has 1 unspecified atom stereocenters. The van der Waals surface area contributed by atoms with Gasteiger partial charge in [-0.1, -0.05) is 15.9 Å². The lowest BCUT2D eigenvalue weighted by Gasteiger charge is -2.29. The highest BCUT2D eigenvalue weighted by Crippen LogP contribution is 2.22. The molecule has 0 bridgehead atoms. The van der Waals surface area contributed by atoms with Crippen molar-refractivity contribution in [2.75, 3.05) is 33.4 Å². The molecular weight excluding hydrogens is 336 g/mol.